The molecule has 35 heavy (non-hydrogen) atoms. The van der Waals surface area contributed by atoms with E-state index in [0.717, 1.165) is 6.92 Å². The first-order chi connectivity index (χ1) is 15.4. The van der Waals surface area contributed by atoms with Crippen molar-refractivity contribution in [2.45, 2.75) is 113 Å². The minimum Gasteiger partial charge on any atom is -0.852 e. The molecule has 12 nitrogen and oxygen atoms in total. The second kappa shape index (κ2) is 32.9. The van der Waals surface area contributed by atoms with E-state index in [1.807, 2.05) is 0 Å². The second-order valence-corrected chi connectivity index (χ2v) is 7.24. The first kappa shape index (κ1) is 47.1. The number of aliphatic hydroxyl groups is 1. The predicted octanol–water partition coefficient (Wildman–Crippen LogP) is -1.65. The summed E-state index contributed by atoms with van der Waals surface area (Å²) in [7, 11) is 0. The topological polar surface area (TPSA) is 201 Å². The van der Waals surface area contributed by atoms with Gasteiger partial charge in [-0.2, -0.15) is 4.89 Å². The Bertz CT molecular complexity index is 436. The average Bonchev–Trinajstić information content (AvgIpc) is 2.60. The number of hydrogen-bond donors (Lipinski definition) is 1. The van der Waals surface area contributed by atoms with E-state index in [9.17, 15) is 39.9 Å². The molecule has 1 N–H and O–H groups in total. The Balaban J connectivity index is -0.000000101. The summed E-state index contributed by atoms with van der Waals surface area (Å²) >= 11 is 0. The maximum atomic E-state index is 11.4. The van der Waals surface area contributed by atoms with Gasteiger partial charge in [0.05, 0.1) is 13.2 Å². The van der Waals surface area contributed by atoms with Gasteiger partial charge in [0, 0.05) is 6.92 Å². The third-order valence-corrected chi connectivity index (χ3v) is 1.60. The predicted molar refractivity (Wildman–Crippen MR) is 116 cm³/mol. The van der Waals surface area contributed by atoms with Crippen LogP contribution in [0.5, 0.6) is 0 Å². The van der Waals surface area contributed by atoms with E-state index in [-0.39, 0.29) is 34.9 Å². The number of rotatable bonds is 7. The van der Waals surface area contributed by atoms with Gasteiger partial charge in [-0.15, -0.1) is 24.4 Å². The summed E-state index contributed by atoms with van der Waals surface area (Å²) in [6.07, 6.45) is -5.39. The molecule has 0 saturated carbocycles. The molecule has 0 fully saturated rings. The fourth-order valence-electron chi connectivity index (χ4n) is 0.916. The summed E-state index contributed by atoms with van der Waals surface area (Å²) in [6, 6.07) is 0. The summed E-state index contributed by atoms with van der Waals surface area (Å²) in [5, 5.41) is 47.6. The van der Waals surface area contributed by atoms with Crippen LogP contribution < -0.4 is 20.4 Å². The third-order valence-electron chi connectivity index (χ3n) is 1.60. The van der Waals surface area contributed by atoms with Crippen LogP contribution in [-0.4, -0.2) is 72.9 Å². The van der Waals surface area contributed by atoms with Crippen molar-refractivity contribution in [1.82, 2.24) is 0 Å². The molecule has 13 heteroatoms. The Kier molecular flexibility index (Phi) is 44.3. The van der Waals surface area contributed by atoms with Gasteiger partial charge >= 0.3 is 39.6 Å². The number of carbonyl (C=O) groups is 3. The smallest absolute Gasteiger partial charge is 0.852 e. The van der Waals surface area contributed by atoms with Crippen molar-refractivity contribution in [2.75, 3.05) is 13.2 Å². The largest absolute Gasteiger partial charge is 4.00 e. The number of hydrogen-bond acceptors (Lipinski definition) is 12. The fourth-order valence-corrected chi connectivity index (χ4v) is 0.916. The molecule has 0 aromatic carbocycles. The van der Waals surface area contributed by atoms with Crippen LogP contribution in [0, 0.1) is 0 Å². The van der Waals surface area contributed by atoms with E-state index in [2.05, 4.69) is 19.2 Å². The quantitative estimate of drug-likeness (QED) is 0.165. The summed E-state index contributed by atoms with van der Waals surface area (Å²) in [5.41, 5.74) is 0. The van der Waals surface area contributed by atoms with Crippen molar-refractivity contribution >= 4 is 17.9 Å². The zero-order chi connectivity index (χ0) is 28.4. The summed E-state index contributed by atoms with van der Waals surface area (Å²) in [4.78, 5) is 41.7. The molecule has 0 amide bonds. The van der Waals surface area contributed by atoms with E-state index >= 15 is 0 Å². The summed E-state index contributed by atoms with van der Waals surface area (Å²) < 4.78 is 9.07. The van der Waals surface area contributed by atoms with Gasteiger partial charge in [0.25, 0.3) is 0 Å². The molecular weight excluding hydrogens is 504 g/mol. The molecule has 0 aromatic rings. The molecule has 0 aliphatic carbocycles. The molecule has 0 aliphatic heterocycles. The van der Waals surface area contributed by atoms with Gasteiger partial charge in [-0.25, -0.2) is 14.4 Å². The zero-order valence-electron chi connectivity index (χ0n) is 22.8. The van der Waals surface area contributed by atoms with Crippen LogP contribution in [0.2, 0.25) is 0 Å². The van der Waals surface area contributed by atoms with Crippen LogP contribution in [0.3, 0.4) is 0 Å². The van der Waals surface area contributed by atoms with Crippen molar-refractivity contribution < 1.29 is 80.9 Å². The summed E-state index contributed by atoms with van der Waals surface area (Å²) in [6.45, 7) is 17.0. The standard InChI is InChI=1S/C10H16O8.4C3H7O.Ti/c1-4-15-9(13)7(12)8(10(14)16-5-2)18-17-6(3)11;4*1-3(2)4;/h7-8,12H,4-5H2,1-3H3;4*3H,1-2H3;/q;4*-1;+4. The minimum atomic E-state index is -1.94. The van der Waals surface area contributed by atoms with E-state index in [4.69, 9.17) is 0 Å². The van der Waals surface area contributed by atoms with Crippen LogP contribution in [0.15, 0.2) is 0 Å². The number of carbonyl (C=O) groups excluding carboxylic acids is 3. The third kappa shape index (κ3) is 65.5. The van der Waals surface area contributed by atoms with Crippen molar-refractivity contribution in [3.63, 3.8) is 0 Å². The fraction of sp³-hybridized carbons (Fsp3) is 0.864. The minimum absolute atomic E-state index is 0. The Hall–Kier alpha value is -1.12. The van der Waals surface area contributed by atoms with Crippen molar-refractivity contribution in [1.29, 1.82) is 0 Å². The van der Waals surface area contributed by atoms with Crippen LogP contribution in [-0.2, 0) is 55.4 Å². The van der Waals surface area contributed by atoms with E-state index in [0.29, 0.717) is 0 Å². The van der Waals surface area contributed by atoms with Gasteiger partial charge in [0.15, 0.2) is 6.10 Å². The second-order valence-electron chi connectivity index (χ2n) is 7.24. The Morgan fingerprint density at radius 3 is 1.17 bits per heavy atom. The molecule has 0 aromatic heterocycles. The van der Waals surface area contributed by atoms with Gasteiger partial charge in [0.2, 0.25) is 6.10 Å². The van der Waals surface area contributed by atoms with E-state index < -0.39 is 54.5 Å². The first-order valence-corrected chi connectivity index (χ1v) is 10.8. The van der Waals surface area contributed by atoms with Crippen molar-refractivity contribution in [3.05, 3.63) is 0 Å². The molecule has 0 spiro atoms. The normalized spacial score (nSPS) is 11.0. The maximum Gasteiger partial charge on any atom is 4.00 e. The Morgan fingerprint density at radius 1 is 0.686 bits per heavy atom. The first-order valence-electron chi connectivity index (χ1n) is 10.8. The van der Waals surface area contributed by atoms with Crippen LogP contribution in [0.25, 0.3) is 0 Å². The molecule has 2 atom stereocenters. The molecule has 2 unspecified atom stereocenters. The van der Waals surface area contributed by atoms with Gasteiger partial charge < -0.3 is 35.0 Å². The monoisotopic (exact) mass is 548 g/mol. The molecule has 0 aliphatic rings. The van der Waals surface area contributed by atoms with Crippen LogP contribution in [0.1, 0.15) is 76.2 Å². The van der Waals surface area contributed by atoms with Crippen LogP contribution >= 0.6 is 0 Å². The Morgan fingerprint density at radius 2 is 0.943 bits per heavy atom. The SMILES string of the molecule is CC(C)[O-].CC(C)[O-].CC(C)[O-].CC(C)[O-].CCOC(=O)C(O)C(OOC(C)=O)C(=O)OCC.[Ti+4]. The molecule has 0 heterocycles. The van der Waals surface area contributed by atoms with Gasteiger partial charge in [0.1, 0.15) is 0 Å². The molecule has 0 rings (SSSR count). The number of esters is 2. The molecule has 208 valence electrons. The van der Waals surface area contributed by atoms with E-state index in [1.54, 1.807) is 55.4 Å². The molecular formula is C22H44O12Ti. The van der Waals surface area contributed by atoms with Gasteiger partial charge in [-0.05, 0) is 13.8 Å². The zero-order valence-corrected chi connectivity index (χ0v) is 24.4. The van der Waals surface area contributed by atoms with Crippen LogP contribution in [0.4, 0.5) is 0 Å². The van der Waals surface area contributed by atoms with E-state index in [1.165, 1.54) is 13.8 Å². The molecule has 0 saturated heterocycles. The number of ether oxygens (including phenoxy) is 2. The summed E-state index contributed by atoms with van der Waals surface area (Å²) in [5.74, 6) is -2.97. The maximum absolute atomic E-state index is 11.4. The van der Waals surface area contributed by atoms with Gasteiger partial charge in [-0.3, -0.25) is 4.89 Å². The van der Waals surface area contributed by atoms with Crippen molar-refractivity contribution in [2.24, 2.45) is 0 Å². The number of aliphatic hydroxyl groups excluding tert-OH is 1. The molecule has 0 bridgehead atoms. The average molecular weight is 548 g/mol. The molecule has 0 radical (unpaired) electrons. The Labute approximate surface area is 224 Å². The van der Waals surface area contributed by atoms with Gasteiger partial charge in [-0.1, -0.05) is 55.4 Å². The van der Waals surface area contributed by atoms with Crippen molar-refractivity contribution in [3.8, 4) is 0 Å².